The quantitative estimate of drug-likeness (QED) is 0.902. The third kappa shape index (κ3) is 3.71. The lowest BCUT2D eigenvalue weighted by molar-refractivity contribution is -0.116. The Morgan fingerprint density at radius 3 is 2.55 bits per heavy atom. The number of hydrogen-bond donors (Lipinski definition) is 1. The Hall–Kier alpha value is -1.58. The van der Waals surface area contributed by atoms with Crippen LogP contribution in [0, 0.1) is 0 Å². The second-order valence-corrected chi connectivity index (χ2v) is 5.35. The maximum Gasteiger partial charge on any atom is 0.225 e. The van der Waals surface area contributed by atoms with Gasteiger partial charge in [-0.15, -0.1) is 0 Å². The van der Waals surface area contributed by atoms with E-state index in [1.54, 1.807) is 30.6 Å². The summed E-state index contributed by atoms with van der Waals surface area (Å²) in [6.07, 6.45) is 3.81. The first-order valence-corrected chi connectivity index (χ1v) is 6.97. The van der Waals surface area contributed by atoms with E-state index in [4.69, 9.17) is 23.2 Å². The molecule has 0 aliphatic carbocycles. The average molecular weight is 309 g/mol. The highest BCUT2D eigenvalue weighted by Crippen LogP contribution is 2.30. The first-order valence-electron chi connectivity index (χ1n) is 6.21. The summed E-state index contributed by atoms with van der Waals surface area (Å²) in [7, 11) is 0. The molecule has 0 fully saturated rings. The number of anilines is 1. The second kappa shape index (κ2) is 6.73. The van der Waals surface area contributed by atoms with Crippen molar-refractivity contribution < 1.29 is 4.79 Å². The van der Waals surface area contributed by atoms with Gasteiger partial charge >= 0.3 is 0 Å². The van der Waals surface area contributed by atoms with Crippen LogP contribution in [0.5, 0.6) is 0 Å². The van der Waals surface area contributed by atoms with Crippen molar-refractivity contribution in [2.45, 2.75) is 19.3 Å². The van der Waals surface area contributed by atoms with E-state index in [0.717, 1.165) is 5.56 Å². The van der Waals surface area contributed by atoms with Gasteiger partial charge in [0, 0.05) is 18.8 Å². The highest BCUT2D eigenvalue weighted by molar-refractivity contribution is 6.39. The van der Waals surface area contributed by atoms with Crippen molar-refractivity contribution in [3.63, 3.8) is 0 Å². The Kier molecular flexibility index (Phi) is 4.99. The second-order valence-electron chi connectivity index (χ2n) is 4.54. The Balaban J connectivity index is 2.03. The summed E-state index contributed by atoms with van der Waals surface area (Å²) >= 11 is 12.0. The molecule has 0 radical (unpaired) electrons. The number of aromatic nitrogens is 1. The molecule has 1 aromatic carbocycles. The van der Waals surface area contributed by atoms with Gasteiger partial charge in [0.15, 0.2) is 0 Å². The number of pyridine rings is 1. The average Bonchev–Trinajstić information content (AvgIpc) is 2.44. The molecule has 104 valence electrons. The Bertz CT molecular complexity index is 582. The fourth-order valence-electron chi connectivity index (χ4n) is 1.87. The summed E-state index contributed by atoms with van der Waals surface area (Å²) in [6.45, 7) is 1.98. The molecule has 1 N–H and O–H groups in total. The minimum absolute atomic E-state index is 0.0740. The van der Waals surface area contributed by atoms with Crippen molar-refractivity contribution in [2.75, 3.05) is 5.32 Å². The van der Waals surface area contributed by atoms with Gasteiger partial charge in [-0.1, -0.05) is 42.3 Å². The standard InChI is InChI=1S/C15H14Cl2N2O/c1-10(11-4-3-7-18-9-11)8-14(20)19-15-12(16)5-2-6-13(15)17/h2-7,9-10H,8H2,1H3,(H,19,20). The van der Waals surface area contributed by atoms with Crippen LogP contribution in [0.1, 0.15) is 24.8 Å². The molecule has 20 heavy (non-hydrogen) atoms. The predicted molar refractivity (Wildman–Crippen MR) is 82.4 cm³/mol. The molecular formula is C15H14Cl2N2O. The number of nitrogens with zero attached hydrogens (tertiary/aromatic N) is 1. The van der Waals surface area contributed by atoms with Crippen LogP contribution in [0.4, 0.5) is 5.69 Å². The third-order valence-corrected chi connectivity index (χ3v) is 3.60. The predicted octanol–water partition coefficient (Wildman–Crippen LogP) is 4.52. The Labute approximate surface area is 127 Å². The molecule has 0 saturated heterocycles. The lowest BCUT2D eigenvalue weighted by Gasteiger charge is -2.13. The molecular weight excluding hydrogens is 295 g/mol. The van der Waals surface area contributed by atoms with E-state index < -0.39 is 0 Å². The molecule has 5 heteroatoms. The summed E-state index contributed by atoms with van der Waals surface area (Å²) < 4.78 is 0. The number of hydrogen-bond acceptors (Lipinski definition) is 2. The largest absolute Gasteiger partial charge is 0.324 e. The van der Waals surface area contributed by atoms with E-state index in [0.29, 0.717) is 22.2 Å². The van der Waals surface area contributed by atoms with E-state index in [-0.39, 0.29) is 11.8 Å². The number of para-hydroxylation sites is 1. The zero-order valence-corrected chi connectivity index (χ0v) is 12.4. The van der Waals surface area contributed by atoms with Crippen LogP contribution >= 0.6 is 23.2 Å². The molecule has 1 aromatic heterocycles. The van der Waals surface area contributed by atoms with E-state index in [2.05, 4.69) is 10.3 Å². The summed E-state index contributed by atoms with van der Waals surface area (Å²) in [5.74, 6) is -0.0543. The van der Waals surface area contributed by atoms with Gasteiger partial charge in [-0.05, 0) is 29.7 Å². The molecule has 0 aliphatic rings. The molecule has 1 atom stereocenters. The molecule has 0 spiro atoms. The third-order valence-electron chi connectivity index (χ3n) is 2.97. The molecule has 1 heterocycles. The molecule has 1 unspecified atom stereocenters. The lowest BCUT2D eigenvalue weighted by Crippen LogP contribution is -2.15. The van der Waals surface area contributed by atoms with Gasteiger partial charge in [0.1, 0.15) is 0 Å². The maximum absolute atomic E-state index is 12.1. The van der Waals surface area contributed by atoms with Crippen LogP contribution in [0.2, 0.25) is 10.0 Å². The fraction of sp³-hybridized carbons (Fsp3) is 0.200. The van der Waals surface area contributed by atoms with Crippen LogP contribution in [0.3, 0.4) is 0 Å². The van der Waals surface area contributed by atoms with Crippen molar-refractivity contribution >= 4 is 34.8 Å². The highest BCUT2D eigenvalue weighted by Gasteiger charge is 2.14. The zero-order chi connectivity index (χ0) is 14.5. The topological polar surface area (TPSA) is 42.0 Å². The zero-order valence-electron chi connectivity index (χ0n) is 10.9. The van der Waals surface area contributed by atoms with Crippen LogP contribution in [0.25, 0.3) is 0 Å². The molecule has 0 saturated carbocycles. The molecule has 1 amide bonds. The first-order chi connectivity index (χ1) is 9.58. The Morgan fingerprint density at radius 2 is 1.95 bits per heavy atom. The number of nitrogens with one attached hydrogen (secondary N) is 1. The summed E-state index contributed by atoms with van der Waals surface area (Å²) in [5, 5.41) is 3.62. The van der Waals surface area contributed by atoms with Crippen molar-refractivity contribution in [1.82, 2.24) is 4.98 Å². The monoisotopic (exact) mass is 308 g/mol. The van der Waals surface area contributed by atoms with Crippen LogP contribution in [-0.2, 0) is 4.79 Å². The van der Waals surface area contributed by atoms with Crippen molar-refractivity contribution in [3.05, 3.63) is 58.3 Å². The van der Waals surface area contributed by atoms with E-state index in [1.807, 2.05) is 19.1 Å². The summed E-state index contributed by atoms with van der Waals surface area (Å²) in [6, 6.07) is 8.92. The van der Waals surface area contributed by atoms with E-state index in [9.17, 15) is 4.79 Å². The molecule has 2 aromatic rings. The van der Waals surface area contributed by atoms with Gasteiger partial charge < -0.3 is 5.32 Å². The number of benzene rings is 1. The molecule has 0 aliphatic heterocycles. The van der Waals surface area contributed by atoms with Gasteiger partial charge in [-0.3, -0.25) is 9.78 Å². The number of carbonyl (C=O) groups is 1. The summed E-state index contributed by atoms with van der Waals surface area (Å²) in [4.78, 5) is 16.1. The number of amides is 1. The minimum atomic E-state index is -0.128. The van der Waals surface area contributed by atoms with Gasteiger partial charge in [0.2, 0.25) is 5.91 Å². The van der Waals surface area contributed by atoms with Crippen LogP contribution in [0.15, 0.2) is 42.7 Å². The van der Waals surface area contributed by atoms with Gasteiger partial charge in [-0.2, -0.15) is 0 Å². The smallest absolute Gasteiger partial charge is 0.225 e. The highest BCUT2D eigenvalue weighted by atomic mass is 35.5. The van der Waals surface area contributed by atoms with Gasteiger partial charge in [0.05, 0.1) is 15.7 Å². The van der Waals surface area contributed by atoms with E-state index in [1.165, 1.54) is 0 Å². The van der Waals surface area contributed by atoms with Crippen molar-refractivity contribution in [1.29, 1.82) is 0 Å². The fourth-order valence-corrected chi connectivity index (χ4v) is 2.36. The van der Waals surface area contributed by atoms with Crippen LogP contribution in [-0.4, -0.2) is 10.9 Å². The normalized spacial score (nSPS) is 11.9. The number of halogens is 2. The molecule has 2 rings (SSSR count). The molecule has 0 bridgehead atoms. The number of rotatable bonds is 4. The van der Waals surface area contributed by atoms with Crippen molar-refractivity contribution in [3.8, 4) is 0 Å². The van der Waals surface area contributed by atoms with Crippen molar-refractivity contribution in [2.24, 2.45) is 0 Å². The summed E-state index contributed by atoms with van der Waals surface area (Å²) in [5.41, 5.74) is 1.48. The Morgan fingerprint density at radius 1 is 1.25 bits per heavy atom. The number of carbonyl (C=O) groups excluding carboxylic acids is 1. The van der Waals surface area contributed by atoms with Gasteiger partial charge in [-0.25, -0.2) is 0 Å². The van der Waals surface area contributed by atoms with E-state index >= 15 is 0 Å². The minimum Gasteiger partial charge on any atom is -0.324 e. The van der Waals surface area contributed by atoms with Gasteiger partial charge in [0.25, 0.3) is 0 Å². The first kappa shape index (κ1) is 14.8. The lowest BCUT2D eigenvalue weighted by atomic mass is 9.99. The van der Waals surface area contributed by atoms with Crippen LogP contribution < -0.4 is 5.32 Å². The maximum atomic E-state index is 12.1. The SMILES string of the molecule is CC(CC(=O)Nc1c(Cl)cccc1Cl)c1cccnc1. The molecule has 3 nitrogen and oxygen atoms in total.